The quantitative estimate of drug-likeness (QED) is 0.626. The van der Waals surface area contributed by atoms with Crippen LogP contribution in [0.3, 0.4) is 0 Å². The van der Waals surface area contributed by atoms with Gasteiger partial charge < -0.3 is 14.2 Å². The maximum atomic E-state index is 13.0. The topological polar surface area (TPSA) is 86.6 Å². The minimum absolute atomic E-state index is 0.0825. The molecule has 2 aliphatic rings. The standard InChI is InChI=1S/C23H21Cl2N3O4/c24-17-5-13(6-18(25)8-17)1-4-21(29)27-9-15-11-28(12-16(15)10-27)22(30)14-2-3-19-20(7-14)32-23(31)26-19/h2-3,5-8,15-16H,1,4,9-12H2,(H,26,31)/t15-,16?/m1/s1. The minimum Gasteiger partial charge on any atom is -0.408 e. The van der Waals surface area contributed by atoms with Crippen LogP contribution in [-0.4, -0.2) is 52.8 Å². The van der Waals surface area contributed by atoms with Gasteiger partial charge in [0.15, 0.2) is 5.58 Å². The minimum atomic E-state index is -0.538. The summed E-state index contributed by atoms with van der Waals surface area (Å²) < 4.78 is 5.06. The average molecular weight is 474 g/mol. The fourth-order valence-electron chi connectivity index (χ4n) is 4.79. The Morgan fingerprint density at radius 1 is 0.969 bits per heavy atom. The van der Waals surface area contributed by atoms with E-state index in [-0.39, 0.29) is 23.7 Å². The summed E-state index contributed by atoms with van der Waals surface area (Å²) in [4.78, 5) is 43.3. The highest BCUT2D eigenvalue weighted by atomic mass is 35.5. The molecule has 5 rings (SSSR count). The highest BCUT2D eigenvalue weighted by Gasteiger charge is 2.43. The summed E-state index contributed by atoms with van der Waals surface area (Å²) in [5.74, 6) is 0.0422. The Labute approximate surface area is 193 Å². The van der Waals surface area contributed by atoms with Gasteiger partial charge in [-0.1, -0.05) is 23.2 Å². The van der Waals surface area contributed by atoms with E-state index in [4.69, 9.17) is 27.6 Å². The first-order valence-corrected chi connectivity index (χ1v) is 11.3. The Morgan fingerprint density at radius 2 is 1.62 bits per heavy atom. The second-order valence-corrected chi connectivity index (χ2v) is 9.41. The molecule has 3 aromatic rings. The normalized spacial score (nSPS) is 20.2. The van der Waals surface area contributed by atoms with E-state index in [1.165, 1.54) is 0 Å². The van der Waals surface area contributed by atoms with Crippen molar-refractivity contribution in [1.29, 1.82) is 0 Å². The van der Waals surface area contributed by atoms with E-state index in [1.807, 2.05) is 21.9 Å². The second kappa shape index (κ2) is 8.30. The van der Waals surface area contributed by atoms with E-state index in [1.54, 1.807) is 24.3 Å². The Morgan fingerprint density at radius 3 is 2.31 bits per heavy atom. The third-order valence-electron chi connectivity index (χ3n) is 6.34. The average Bonchev–Trinajstić information content (AvgIpc) is 3.42. The number of likely N-dealkylation sites (tertiary alicyclic amines) is 2. The summed E-state index contributed by atoms with van der Waals surface area (Å²) in [6, 6.07) is 10.3. The molecule has 0 saturated carbocycles. The molecule has 32 heavy (non-hydrogen) atoms. The Balaban J connectivity index is 1.17. The molecule has 0 radical (unpaired) electrons. The van der Waals surface area contributed by atoms with E-state index in [2.05, 4.69) is 4.98 Å². The van der Waals surface area contributed by atoms with Crippen LogP contribution < -0.4 is 5.76 Å². The number of aryl methyl sites for hydroxylation is 1. The fraction of sp³-hybridized carbons (Fsp3) is 0.348. The summed E-state index contributed by atoms with van der Waals surface area (Å²) in [7, 11) is 0. The first kappa shape index (κ1) is 21.1. The van der Waals surface area contributed by atoms with Crippen molar-refractivity contribution in [2.75, 3.05) is 26.2 Å². The molecule has 7 nitrogen and oxygen atoms in total. The van der Waals surface area contributed by atoms with Crippen molar-refractivity contribution < 1.29 is 14.0 Å². The number of carbonyl (C=O) groups is 2. The lowest BCUT2D eigenvalue weighted by molar-refractivity contribution is -0.130. The number of oxazole rings is 1. The van der Waals surface area contributed by atoms with Crippen LogP contribution in [0, 0.1) is 11.8 Å². The van der Waals surface area contributed by atoms with Crippen LogP contribution in [0.2, 0.25) is 10.0 Å². The zero-order valence-corrected chi connectivity index (χ0v) is 18.7. The van der Waals surface area contributed by atoms with Gasteiger partial charge in [-0.15, -0.1) is 0 Å². The number of aromatic nitrogens is 1. The number of amides is 2. The molecule has 2 aliphatic heterocycles. The summed E-state index contributed by atoms with van der Waals surface area (Å²) in [5.41, 5.74) is 2.38. The lowest BCUT2D eigenvalue weighted by Gasteiger charge is -2.22. The van der Waals surface area contributed by atoms with Crippen molar-refractivity contribution in [3.63, 3.8) is 0 Å². The van der Waals surface area contributed by atoms with Crippen LogP contribution in [0.25, 0.3) is 11.1 Å². The van der Waals surface area contributed by atoms with Crippen LogP contribution in [-0.2, 0) is 11.2 Å². The first-order chi connectivity index (χ1) is 15.4. The molecule has 1 aromatic heterocycles. The Hall–Kier alpha value is -2.77. The van der Waals surface area contributed by atoms with Gasteiger partial charge in [-0.25, -0.2) is 4.79 Å². The number of rotatable bonds is 4. The number of nitrogens with zero attached hydrogens (tertiary/aromatic N) is 2. The molecular weight excluding hydrogens is 453 g/mol. The van der Waals surface area contributed by atoms with Crippen molar-refractivity contribution in [3.8, 4) is 0 Å². The SMILES string of the molecule is O=C(CCc1cc(Cl)cc(Cl)c1)N1CC2CN(C(=O)c3ccc4[nH]c(=O)oc4c3)C[C@H]2C1. The summed E-state index contributed by atoms with van der Waals surface area (Å²) in [5, 5.41) is 1.14. The number of hydrogen-bond donors (Lipinski definition) is 1. The summed E-state index contributed by atoms with van der Waals surface area (Å²) in [6.07, 6.45) is 0.994. The van der Waals surface area contributed by atoms with Gasteiger partial charge in [0.1, 0.15) is 0 Å². The van der Waals surface area contributed by atoms with Gasteiger partial charge in [-0.05, 0) is 48.4 Å². The molecule has 2 saturated heterocycles. The number of carbonyl (C=O) groups excluding carboxylic acids is 2. The number of hydrogen-bond acceptors (Lipinski definition) is 4. The molecule has 1 unspecified atom stereocenters. The largest absolute Gasteiger partial charge is 0.417 e. The van der Waals surface area contributed by atoms with Crippen molar-refractivity contribution in [3.05, 3.63) is 68.1 Å². The van der Waals surface area contributed by atoms with Gasteiger partial charge in [0.25, 0.3) is 5.91 Å². The van der Waals surface area contributed by atoms with Crippen molar-refractivity contribution in [2.45, 2.75) is 12.8 Å². The summed E-state index contributed by atoms with van der Waals surface area (Å²) in [6.45, 7) is 2.56. The maximum Gasteiger partial charge on any atom is 0.417 e. The number of benzene rings is 2. The van der Waals surface area contributed by atoms with Crippen LogP contribution in [0.5, 0.6) is 0 Å². The lowest BCUT2D eigenvalue weighted by atomic mass is 10.0. The molecule has 0 aliphatic carbocycles. The fourth-order valence-corrected chi connectivity index (χ4v) is 5.36. The van der Waals surface area contributed by atoms with E-state index in [0.717, 1.165) is 5.56 Å². The van der Waals surface area contributed by atoms with Crippen LogP contribution in [0.1, 0.15) is 22.3 Å². The van der Waals surface area contributed by atoms with Crippen LogP contribution in [0.15, 0.2) is 45.6 Å². The van der Waals surface area contributed by atoms with Crippen molar-refractivity contribution in [1.82, 2.24) is 14.8 Å². The number of fused-ring (bicyclic) bond motifs is 2. The van der Waals surface area contributed by atoms with E-state index in [9.17, 15) is 14.4 Å². The third-order valence-corrected chi connectivity index (χ3v) is 6.78. The molecule has 0 spiro atoms. The number of aromatic amines is 1. The van der Waals surface area contributed by atoms with E-state index >= 15 is 0 Å². The van der Waals surface area contributed by atoms with Crippen LogP contribution >= 0.6 is 23.2 Å². The lowest BCUT2D eigenvalue weighted by Crippen LogP contribution is -2.35. The monoisotopic (exact) mass is 473 g/mol. The number of H-pyrrole nitrogens is 1. The molecule has 2 aromatic carbocycles. The predicted molar refractivity (Wildman–Crippen MR) is 121 cm³/mol. The molecule has 1 N–H and O–H groups in total. The predicted octanol–water partition coefficient (Wildman–Crippen LogP) is 3.59. The number of halogens is 2. The molecule has 2 amide bonds. The third kappa shape index (κ3) is 4.14. The molecule has 3 heterocycles. The van der Waals surface area contributed by atoms with Gasteiger partial charge in [-0.3, -0.25) is 14.6 Å². The van der Waals surface area contributed by atoms with Crippen LogP contribution in [0.4, 0.5) is 0 Å². The van der Waals surface area contributed by atoms with E-state index in [0.29, 0.717) is 65.7 Å². The van der Waals surface area contributed by atoms with Crippen molar-refractivity contribution in [2.24, 2.45) is 11.8 Å². The van der Waals surface area contributed by atoms with Gasteiger partial charge in [0.05, 0.1) is 5.52 Å². The smallest absolute Gasteiger partial charge is 0.408 e. The van der Waals surface area contributed by atoms with E-state index < -0.39 is 5.76 Å². The maximum absolute atomic E-state index is 13.0. The number of nitrogens with one attached hydrogen (secondary N) is 1. The molecule has 166 valence electrons. The Kier molecular flexibility index (Phi) is 5.47. The highest BCUT2D eigenvalue weighted by Crippen LogP contribution is 2.32. The van der Waals surface area contributed by atoms with Crippen molar-refractivity contribution >= 4 is 46.1 Å². The first-order valence-electron chi connectivity index (χ1n) is 10.5. The zero-order chi connectivity index (χ0) is 22.4. The van der Waals surface area contributed by atoms with Gasteiger partial charge in [0, 0.05) is 60.0 Å². The van der Waals surface area contributed by atoms with Gasteiger partial charge in [0.2, 0.25) is 5.91 Å². The Bertz CT molecular complexity index is 1230. The highest BCUT2D eigenvalue weighted by molar-refractivity contribution is 6.34. The molecule has 9 heteroatoms. The van der Waals surface area contributed by atoms with Gasteiger partial charge >= 0.3 is 5.76 Å². The summed E-state index contributed by atoms with van der Waals surface area (Å²) >= 11 is 12.1. The molecule has 2 atom stereocenters. The second-order valence-electron chi connectivity index (χ2n) is 8.53. The van der Waals surface area contributed by atoms with Gasteiger partial charge in [-0.2, -0.15) is 0 Å². The molecule has 0 bridgehead atoms. The molecular formula is C23H21Cl2N3O4. The zero-order valence-electron chi connectivity index (χ0n) is 17.1. The molecule has 2 fully saturated rings.